The summed E-state index contributed by atoms with van der Waals surface area (Å²) < 4.78 is 5.91. The van der Waals surface area contributed by atoms with E-state index in [9.17, 15) is 30.0 Å². The van der Waals surface area contributed by atoms with Gasteiger partial charge in [-0.25, -0.2) is 14.6 Å². The lowest BCUT2D eigenvalue weighted by atomic mass is 10.0. The summed E-state index contributed by atoms with van der Waals surface area (Å²) >= 11 is 6.71. The van der Waals surface area contributed by atoms with Crippen LogP contribution in [0.5, 0.6) is 0 Å². The maximum Gasteiger partial charge on any atom is 0.435 e. The zero-order valence-electron chi connectivity index (χ0n) is 17.5. The van der Waals surface area contributed by atoms with Crippen LogP contribution >= 0.6 is 23.4 Å². The zero-order chi connectivity index (χ0) is 25.2. The smallest absolute Gasteiger partial charge is 0.435 e. The topological polar surface area (TPSA) is 203 Å². The number of nitrogens with one attached hydrogen (secondary N) is 2. The van der Waals surface area contributed by atoms with Crippen LogP contribution in [0.2, 0.25) is 5.02 Å². The predicted octanol–water partition coefficient (Wildman–Crippen LogP) is 1.65. The summed E-state index contributed by atoms with van der Waals surface area (Å²) in [5.41, 5.74) is 4.57. The number of aromatic carboxylic acids is 1. The zero-order valence-corrected chi connectivity index (χ0v) is 19.1. The first-order chi connectivity index (χ1) is 16.1. The number of rotatable bonds is 6. The number of nitrogen functional groups attached to an aromatic ring is 1. The lowest BCUT2D eigenvalue weighted by Crippen LogP contribution is -2.34. The van der Waals surface area contributed by atoms with Crippen molar-refractivity contribution in [3.05, 3.63) is 50.3 Å². The molecule has 5 N–H and O–H groups in total. The third kappa shape index (κ3) is 4.56. The maximum absolute atomic E-state index is 12.7. The number of nitrogens with zero attached hydrogens (tertiary/aromatic N) is 4. The van der Waals surface area contributed by atoms with Crippen LogP contribution in [0, 0.1) is 22.7 Å². The third-order valence-electron chi connectivity index (χ3n) is 4.58. The number of hydrogen-bond acceptors (Lipinski definition) is 9. The monoisotopic (exact) mass is 500 g/mol. The normalized spacial score (nSPS) is 11.3. The van der Waals surface area contributed by atoms with Gasteiger partial charge in [-0.2, -0.15) is 10.5 Å². The van der Waals surface area contributed by atoms with Gasteiger partial charge < -0.3 is 16.2 Å². The molecule has 0 radical (unpaired) electrons. The Morgan fingerprint density at radius 3 is 2.59 bits per heavy atom. The third-order valence-corrected chi connectivity index (χ3v) is 5.99. The quantitative estimate of drug-likeness (QED) is 0.284. The standard InChI is InChI=1S/C20H14ClN7O5S/c1-8(17(29)25-9-3-4-13(21)10(5-9)19(30)31)34-18-12(7-23)14(11(6-22)16(24)26-18)15-20(32)33-27-28(15)2/h3-5,8H,1-2H3,(H4-,24,25,26,27,29,30,31,32)/p+1. The van der Waals surface area contributed by atoms with Crippen LogP contribution < -0.4 is 21.4 Å². The van der Waals surface area contributed by atoms with Gasteiger partial charge in [0.25, 0.3) is 0 Å². The van der Waals surface area contributed by atoms with Crippen LogP contribution in [0.4, 0.5) is 11.5 Å². The van der Waals surface area contributed by atoms with Crippen LogP contribution in [-0.2, 0) is 11.8 Å². The number of anilines is 2. The molecule has 0 saturated heterocycles. The lowest BCUT2D eigenvalue weighted by Gasteiger charge is -2.14. The van der Waals surface area contributed by atoms with Crippen LogP contribution in [0.15, 0.2) is 32.5 Å². The Balaban J connectivity index is 1.99. The average Bonchev–Trinajstić information content (AvgIpc) is 3.11. The molecule has 0 aliphatic heterocycles. The highest BCUT2D eigenvalue weighted by molar-refractivity contribution is 8.00. The number of thioether (sulfide) groups is 1. The van der Waals surface area contributed by atoms with Crippen LogP contribution in [0.25, 0.3) is 11.3 Å². The summed E-state index contributed by atoms with van der Waals surface area (Å²) in [4.78, 5) is 40.3. The van der Waals surface area contributed by atoms with Crippen LogP contribution in [0.3, 0.4) is 0 Å². The summed E-state index contributed by atoms with van der Waals surface area (Å²) in [7, 11) is 1.44. The lowest BCUT2D eigenvalue weighted by molar-refractivity contribution is -0.730. The Morgan fingerprint density at radius 1 is 1.35 bits per heavy atom. The number of pyridine rings is 1. The molecule has 0 spiro atoms. The summed E-state index contributed by atoms with van der Waals surface area (Å²) in [6, 6.07) is 7.75. The second-order valence-corrected chi connectivity index (χ2v) is 8.53. The number of hydrogen-bond donors (Lipinski definition) is 4. The van der Waals surface area contributed by atoms with Gasteiger partial charge in [0, 0.05) is 5.69 Å². The van der Waals surface area contributed by atoms with E-state index in [1.807, 2.05) is 12.1 Å². The fraction of sp³-hybridized carbons (Fsp3) is 0.150. The molecule has 0 fully saturated rings. The fourth-order valence-corrected chi connectivity index (χ4v) is 4.08. The minimum atomic E-state index is -1.26. The first-order valence-electron chi connectivity index (χ1n) is 9.30. The van der Waals surface area contributed by atoms with Crippen molar-refractivity contribution >= 4 is 46.7 Å². The number of aryl methyl sites for hydroxylation is 1. The number of nitriles is 2. The number of aromatic nitrogens is 3. The average molecular weight is 501 g/mol. The molecule has 2 heterocycles. The molecule has 0 bridgehead atoms. The van der Waals surface area contributed by atoms with Crippen molar-refractivity contribution in [1.82, 2.24) is 10.3 Å². The molecule has 14 heteroatoms. The molecule has 0 saturated carbocycles. The number of nitrogens with two attached hydrogens (primary N) is 1. The molecular weight excluding hydrogens is 486 g/mol. The van der Waals surface area contributed by atoms with Crippen LogP contribution in [-0.4, -0.2) is 32.5 Å². The highest BCUT2D eigenvalue weighted by atomic mass is 35.5. The van der Waals surface area contributed by atoms with Crippen molar-refractivity contribution in [1.29, 1.82) is 10.5 Å². The molecule has 172 valence electrons. The Hall–Kier alpha value is -4.33. The van der Waals surface area contributed by atoms with Gasteiger partial charge in [-0.05, 0) is 30.4 Å². The highest BCUT2D eigenvalue weighted by Gasteiger charge is 2.32. The molecule has 2 aromatic heterocycles. The minimum absolute atomic E-state index is 0.0127. The molecule has 3 aromatic rings. The fourth-order valence-electron chi connectivity index (χ4n) is 2.96. The van der Waals surface area contributed by atoms with Gasteiger partial charge in [0.15, 0.2) is 7.05 Å². The molecule has 0 aliphatic rings. The number of carbonyl (C=O) groups excluding carboxylic acids is 1. The molecular formula is C20H15ClN7O5S+. The van der Waals surface area contributed by atoms with Gasteiger partial charge in [0.1, 0.15) is 34.1 Å². The van der Waals surface area contributed by atoms with E-state index in [-0.39, 0.29) is 49.5 Å². The van der Waals surface area contributed by atoms with Crippen LogP contribution in [0.1, 0.15) is 28.4 Å². The van der Waals surface area contributed by atoms with Crippen molar-refractivity contribution in [3.8, 4) is 23.4 Å². The Bertz CT molecular complexity index is 1470. The van der Waals surface area contributed by atoms with Crippen molar-refractivity contribution in [3.63, 3.8) is 0 Å². The first-order valence-corrected chi connectivity index (χ1v) is 10.6. The van der Waals surface area contributed by atoms with Crippen molar-refractivity contribution < 1.29 is 23.9 Å². The van der Waals surface area contributed by atoms with E-state index in [0.717, 1.165) is 11.8 Å². The Morgan fingerprint density at radius 2 is 2.03 bits per heavy atom. The van der Waals surface area contributed by atoms with E-state index in [2.05, 4.69) is 15.6 Å². The highest BCUT2D eigenvalue weighted by Crippen LogP contribution is 2.35. The second-order valence-electron chi connectivity index (χ2n) is 6.79. The maximum atomic E-state index is 12.7. The number of halogens is 1. The van der Waals surface area contributed by atoms with Gasteiger partial charge in [0.2, 0.25) is 5.91 Å². The summed E-state index contributed by atoms with van der Waals surface area (Å²) in [5, 5.41) is 32.6. The first kappa shape index (κ1) is 24.3. The molecule has 1 unspecified atom stereocenters. The molecule has 1 atom stereocenters. The number of aromatic amines is 1. The molecule has 1 amide bonds. The predicted molar refractivity (Wildman–Crippen MR) is 120 cm³/mol. The van der Waals surface area contributed by atoms with Crippen molar-refractivity contribution in [2.24, 2.45) is 7.05 Å². The van der Waals surface area contributed by atoms with Gasteiger partial charge in [0.05, 0.1) is 21.4 Å². The van der Waals surface area contributed by atoms with E-state index in [0.29, 0.717) is 0 Å². The molecule has 12 nitrogen and oxygen atoms in total. The van der Waals surface area contributed by atoms with Gasteiger partial charge >= 0.3 is 17.3 Å². The van der Waals surface area contributed by atoms with Crippen molar-refractivity contribution in [2.75, 3.05) is 11.1 Å². The second kappa shape index (κ2) is 9.66. The number of amides is 1. The minimum Gasteiger partial charge on any atom is -0.478 e. The van der Waals surface area contributed by atoms with E-state index >= 15 is 0 Å². The number of carbonyl (C=O) groups is 2. The number of carboxylic acids is 1. The Kier molecular flexibility index (Phi) is 6.91. The van der Waals surface area contributed by atoms with E-state index in [1.54, 1.807) is 0 Å². The number of H-pyrrole nitrogens is 1. The summed E-state index contributed by atoms with van der Waals surface area (Å²) in [5.74, 6) is -2.03. The van der Waals surface area contributed by atoms with Gasteiger partial charge in [-0.3, -0.25) is 9.32 Å². The van der Waals surface area contributed by atoms with E-state index < -0.39 is 22.8 Å². The molecule has 34 heavy (non-hydrogen) atoms. The van der Waals surface area contributed by atoms with Crippen molar-refractivity contribution in [2.45, 2.75) is 17.2 Å². The molecule has 3 rings (SSSR count). The summed E-state index contributed by atoms with van der Waals surface area (Å²) in [6.45, 7) is 1.52. The SMILES string of the molecule is CC(Sc1nc(N)c(C#N)c(-c2c(=O)o[nH][n+]2C)c1C#N)C(=O)Nc1ccc(Cl)c(C(=O)O)c1. The molecule has 0 aliphatic carbocycles. The number of carboxylic acid groups (broad SMARTS) is 1. The largest absolute Gasteiger partial charge is 0.478 e. The van der Waals surface area contributed by atoms with Gasteiger partial charge in [-0.15, -0.1) is 0 Å². The number of benzene rings is 1. The van der Waals surface area contributed by atoms with E-state index in [4.69, 9.17) is 21.9 Å². The molecule has 1 aromatic carbocycles. The van der Waals surface area contributed by atoms with Gasteiger partial charge in [-0.1, -0.05) is 28.0 Å². The Labute approximate surface area is 200 Å². The van der Waals surface area contributed by atoms with E-state index in [1.165, 1.54) is 36.9 Å². The summed E-state index contributed by atoms with van der Waals surface area (Å²) in [6.07, 6.45) is 0.